The number of fused-ring (bicyclic) bond motifs is 1. The monoisotopic (exact) mass is 399 g/mol. The van der Waals surface area contributed by atoms with Crippen LogP contribution in [0.15, 0.2) is 41.4 Å². The molecule has 0 bridgehead atoms. The first-order chi connectivity index (χ1) is 13.0. The number of nitro groups is 1. The van der Waals surface area contributed by atoms with Gasteiger partial charge in [-0.2, -0.15) is 4.99 Å². The fourth-order valence-electron chi connectivity index (χ4n) is 2.32. The van der Waals surface area contributed by atoms with Gasteiger partial charge in [-0.1, -0.05) is 28.6 Å². The Morgan fingerprint density at radius 2 is 2.22 bits per heavy atom. The number of amides is 1. The molecule has 0 saturated carbocycles. The van der Waals surface area contributed by atoms with Crippen molar-refractivity contribution in [3.05, 3.63) is 56.2 Å². The first-order valence-electron chi connectivity index (χ1n) is 7.63. The van der Waals surface area contributed by atoms with Crippen LogP contribution in [0.3, 0.4) is 0 Å². The van der Waals surface area contributed by atoms with Gasteiger partial charge >= 0.3 is 5.00 Å². The van der Waals surface area contributed by atoms with E-state index in [0.717, 1.165) is 21.6 Å². The molecule has 1 amide bonds. The summed E-state index contributed by atoms with van der Waals surface area (Å²) < 4.78 is 7.90. The zero-order chi connectivity index (χ0) is 19.4. The Labute approximate surface area is 162 Å². The number of thiazole rings is 1. The molecule has 0 atom stereocenters. The lowest BCUT2D eigenvalue weighted by Crippen LogP contribution is -2.15. The number of rotatable bonds is 5. The number of carbonyl (C=O) groups is 1. The van der Waals surface area contributed by atoms with Crippen LogP contribution in [0.4, 0.5) is 5.00 Å². The molecule has 0 fully saturated rings. The van der Waals surface area contributed by atoms with Gasteiger partial charge in [0.25, 0.3) is 5.91 Å². The zero-order valence-corrected chi connectivity index (χ0v) is 15.8. The van der Waals surface area contributed by atoms with E-state index in [1.165, 1.54) is 29.6 Å². The molecule has 0 aliphatic heterocycles. The van der Waals surface area contributed by atoms with E-state index in [2.05, 4.69) is 10.9 Å². The summed E-state index contributed by atoms with van der Waals surface area (Å²) in [5.74, 6) is 2.79. The number of terminal acetylenes is 1. The lowest BCUT2D eigenvalue weighted by molar-refractivity contribution is -0.380. The fraction of sp³-hybridized carbons (Fsp3) is 0.111. The van der Waals surface area contributed by atoms with E-state index in [-0.39, 0.29) is 11.5 Å². The third-order valence-electron chi connectivity index (χ3n) is 3.53. The van der Waals surface area contributed by atoms with E-state index in [9.17, 15) is 14.9 Å². The molecule has 3 rings (SSSR count). The molecule has 7 nitrogen and oxygen atoms in total. The van der Waals surface area contributed by atoms with Gasteiger partial charge in [-0.3, -0.25) is 14.9 Å². The molecule has 27 heavy (non-hydrogen) atoms. The largest absolute Gasteiger partial charge is 0.497 e. The Kier molecular flexibility index (Phi) is 5.49. The molecule has 136 valence electrons. The molecule has 9 heteroatoms. The van der Waals surface area contributed by atoms with Gasteiger partial charge in [0.1, 0.15) is 5.75 Å². The average Bonchev–Trinajstić information content (AvgIpc) is 3.25. The summed E-state index contributed by atoms with van der Waals surface area (Å²) in [5.41, 5.74) is 0.864. The maximum Gasteiger partial charge on any atom is 0.324 e. The predicted octanol–water partition coefficient (Wildman–Crippen LogP) is 3.46. The van der Waals surface area contributed by atoms with Crippen LogP contribution in [-0.2, 0) is 11.3 Å². The van der Waals surface area contributed by atoms with Gasteiger partial charge in [0.15, 0.2) is 4.80 Å². The Balaban J connectivity index is 1.94. The van der Waals surface area contributed by atoms with Crippen molar-refractivity contribution in [1.29, 1.82) is 0 Å². The fourth-order valence-corrected chi connectivity index (χ4v) is 4.11. The SMILES string of the molecule is C#CCn1c(=NC(=O)C=Cc2ccc([N+](=O)[O-])s2)sc2cc(OC)ccc21. The van der Waals surface area contributed by atoms with Crippen LogP contribution in [0.1, 0.15) is 4.88 Å². The molecular weight excluding hydrogens is 386 g/mol. The molecule has 0 aliphatic rings. The molecule has 0 unspecified atom stereocenters. The minimum Gasteiger partial charge on any atom is -0.497 e. The summed E-state index contributed by atoms with van der Waals surface area (Å²) in [5, 5.41) is 10.7. The Morgan fingerprint density at radius 3 is 2.89 bits per heavy atom. The highest BCUT2D eigenvalue weighted by Crippen LogP contribution is 2.25. The quantitative estimate of drug-likeness (QED) is 0.285. The van der Waals surface area contributed by atoms with E-state index >= 15 is 0 Å². The summed E-state index contributed by atoms with van der Waals surface area (Å²) in [6.45, 7) is 0.277. The van der Waals surface area contributed by atoms with Crippen LogP contribution < -0.4 is 9.54 Å². The first-order valence-corrected chi connectivity index (χ1v) is 9.27. The van der Waals surface area contributed by atoms with Crippen LogP contribution >= 0.6 is 22.7 Å². The zero-order valence-electron chi connectivity index (χ0n) is 14.1. The van der Waals surface area contributed by atoms with Crippen LogP contribution in [0.25, 0.3) is 16.3 Å². The first kappa shape index (κ1) is 18.6. The predicted molar refractivity (Wildman–Crippen MR) is 106 cm³/mol. The molecule has 0 radical (unpaired) electrons. The van der Waals surface area contributed by atoms with Crippen molar-refractivity contribution in [3.63, 3.8) is 0 Å². The number of hydrogen-bond donors (Lipinski definition) is 0. The van der Waals surface area contributed by atoms with E-state index in [4.69, 9.17) is 11.2 Å². The summed E-state index contributed by atoms with van der Waals surface area (Å²) in [6, 6.07) is 8.52. The third kappa shape index (κ3) is 4.13. The minimum atomic E-state index is -0.477. The molecule has 0 saturated heterocycles. The van der Waals surface area contributed by atoms with E-state index in [0.29, 0.717) is 15.4 Å². The molecule has 0 aliphatic carbocycles. The second-order valence-electron chi connectivity index (χ2n) is 5.23. The molecular formula is C18H13N3O4S2. The molecule has 3 aromatic rings. The van der Waals surface area contributed by atoms with Crippen molar-refractivity contribution < 1.29 is 14.5 Å². The van der Waals surface area contributed by atoms with Gasteiger partial charge in [-0.15, -0.1) is 6.42 Å². The topological polar surface area (TPSA) is 86.7 Å². The van der Waals surface area contributed by atoms with Crippen LogP contribution in [-0.4, -0.2) is 22.5 Å². The van der Waals surface area contributed by atoms with Crippen molar-refractivity contribution in [2.45, 2.75) is 6.54 Å². The summed E-state index contributed by atoms with van der Waals surface area (Å²) in [7, 11) is 1.58. The molecule has 2 heterocycles. The van der Waals surface area contributed by atoms with Gasteiger partial charge in [0.2, 0.25) is 0 Å². The van der Waals surface area contributed by atoms with E-state index in [1.54, 1.807) is 17.7 Å². The second kappa shape index (κ2) is 7.99. The van der Waals surface area contributed by atoms with Crippen LogP contribution in [0.5, 0.6) is 5.75 Å². The number of carbonyl (C=O) groups excluding carboxylic acids is 1. The molecule has 0 spiro atoms. The van der Waals surface area contributed by atoms with Gasteiger partial charge in [0, 0.05) is 17.0 Å². The molecule has 2 aromatic heterocycles. The van der Waals surface area contributed by atoms with Crippen LogP contribution in [0.2, 0.25) is 0 Å². The molecule has 0 N–H and O–H groups in total. The summed E-state index contributed by atoms with van der Waals surface area (Å²) in [6.07, 6.45) is 8.23. The van der Waals surface area contributed by atoms with Crippen molar-refractivity contribution in [3.8, 4) is 18.1 Å². The lowest BCUT2D eigenvalue weighted by atomic mass is 10.3. The maximum absolute atomic E-state index is 12.2. The smallest absolute Gasteiger partial charge is 0.324 e. The number of thiophene rings is 1. The minimum absolute atomic E-state index is 0.0179. The van der Waals surface area contributed by atoms with Crippen LogP contribution in [0, 0.1) is 22.5 Å². The van der Waals surface area contributed by atoms with Gasteiger partial charge in [-0.25, -0.2) is 0 Å². The standard InChI is InChI=1S/C18H13N3O4S2/c1-3-10-20-14-7-4-12(25-2)11-15(14)27-18(20)19-16(22)8-5-13-6-9-17(26-13)21(23)24/h1,4-9,11H,10H2,2H3. The van der Waals surface area contributed by atoms with Crippen molar-refractivity contribution >= 4 is 49.9 Å². The Bertz CT molecular complexity index is 1160. The highest BCUT2D eigenvalue weighted by atomic mass is 32.1. The van der Waals surface area contributed by atoms with E-state index in [1.807, 2.05) is 18.2 Å². The highest BCUT2D eigenvalue weighted by Gasteiger charge is 2.09. The highest BCUT2D eigenvalue weighted by molar-refractivity contribution is 7.16. The summed E-state index contributed by atoms with van der Waals surface area (Å²) in [4.78, 5) is 27.6. The van der Waals surface area contributed by atoms with Gasteiger partial charge < -0.3 is 9.30 Å². The third-order valence-corrected chi connectivity index (χ3v) is 5.57. The van der Waals surface area contributed by atoms with E-state index < -0.39 is 10.8 Å². The molecule has 1 aromatic carbocycles. The average molecular weight is 399 g/mol. The van der Waals surface area contributed by atoms with Gasteiger partial charge in [-0.05, 0) is 30.3 Å². The summed E-state index contributed by atoms with van der Waals surface area (Å²) >= 11 is 2.32. The lowest BCUT2D eigenvalue weighted by Gasteiger charge is -2.01. The Hall–Kier alpha value is -3.22. The Morgan fingerprint density at radius 1 is 1.41 bits per heavy atom. The van der Waals surface area contributed by atoms with Gasteiger partial charge in [0.05, 0.1) is 28.8 Å². The van der Waals surface area contributed by atoms with Crippen molar-refractivity contribution in [2.24, 2.45) is 4.99 Å². The number of aromatic nitrogens is 1. The maximum atomic E-state index is 12.2. The number of methoxy groups -OCH3 is 1. The number of ether oxygens (including phenoxy) is 1. The van der Waals surface area contributed by atoms with Crippen molar-refractivity contribution in [2.75, 3.05) is 7.11 Å². The normalized spacial score (nSPS) is 11.8. The number of benzene rings is 1. The van der Waals surface area contributed by atoms with Crippen molar-refractivity contribution in [1.82, 2.24) is 4.57 Å². The number of nitrogens with zero attached hydrogens (tertiary/aromatic N) is 3. The number of hydrogen-bond acceptors (Lipinski definition) is 6. The second-order valence-corrected chi connectivity index (χ2v) is 7.33.